The highest BCUT2D eigenvalue weighted by Crippen LogP contribution is 2.38. The molecular weight excluding hydrogens is 225 g/mol. The molecule has 0 aromatic carbocycles. The lowest BCUT2D eigenvalue weighted by Crippen LogP contribution is -2.66. The second kappa shape index (κ2) is 3.03. The fourth-order valence-electron chi connectivity index (χ4n) is 1.24. The van der Waals surface area contributed by atoms with E-state index in [1.165, 1.54) is 6.92 Å². The number of carbonyl (C=O) groups excluding carboxylic acids is 1. The molecule has 0 spiro atoms. The highest BCUT2D eigenvalue weighted by Gasteiger charge is 2.66. The molecule has 0 aromatic rings. The monoisotopic (exact) mass is 233 g/mol. The predicted octanol–water partition coefficient (Wildman–Crippen LogP) is 0.777. The van der Waals surface area contributed by atoms with Crippen LogP contribution in [0.3, 0.4) is 0 Å². The molecule has 1 amide bonds. The van der Waals surface area contributed by atoms with E-state index in [1.54, 1.807) is 0 Å². The van der Waals surface area contributed by atoms with Gasteiger partial charge in [-0.1, -0.05) is 0 Å². The number of carbonyl (C=O) groups is 1. The molecule has 0 radical (unpaired) electrons. The van der Waals surface area contributed by atoms with E-state index in [2.05, 4.69) is 0 Å². The van der Waals surface area contributed by atoms with Crippen LogP contribution >= 0.6 is 0 Å². The molecule has 88 valence electrons. The fraction of sp³-hybridized carbons (Fsp3) is 0.857. The van der Waals surface area contributed by atoms with Crippen molar-refractivity contribution < 1.29 is 31.9 Å². The number of hydrogen-bond donors (Lipinski definition) is 1. The van der Waals surface area contributed by atoms with E-state index in [1.807, 2.05) is 0 Å². The minimum atomic E-state index is -5.90. The van der Waals surface area contributed by atoms with E-state index in [0.29, 0.717) is 0 Å². The first-order valence-corrected chi connectivity index (χ1v) is 3.94. The summed E-state index contributed by atoms with van der Waals surface area (Å²) in [6.07, 6.45) is -5.90. The first kappa shape index (κ1) is 12.2. The zero-order chi connectivity index (χ0) is 12.1. The number of β-amino-alcohol motifs (C(OH)–C–C–N with tert-alkyl or cyclic N) is 1. The van der Waals surface area contributed by atoms with Gasteiger partial charge in [0.1, 0.15) is 0 Å². The van der Waals surface area contributed by atoms with Crippen LogP contribution in [0.25, 0.3) is 0 Å². The van der Waals surface area contributed by atoms with Crippen LogP contribution in [0.15, 0.2) is 0 Å². The highest BCUT2D eigenvalue weighted by atomic mass is 19.4. The molecule has 0 aliphatic carbocycles. The number of hydrogen-bond acceptors (Lipinski definition) is 2. The van der Waals surface area contributed by atoms with E-state index in [-0.39, 0.29) is 4.90 Å². The lowest BCUT2D eigenvalue weighted by Gasteiger charge is -2.45. The van der Waals surface area contributed by atoms with Gasteiger partial charge in [-0.05, 0) is 6.92 Å². The van der Waals surface area contributed by atoms with Crippen molar-refractivity contribution in [1.82, 2.24) is 4.90 Å². The van der Waals surface area contributed by atoms with Crippen LogP contribution in [0.2, 0.25) is 0 Å². The van der Waals surface area contributed by atoms with Gasteiger partial charge in [0.25, 0.3) is 0 Å². The SMILES string of the molecule is CC1(O)CN(C(=O)C(F)(F)C(F)(F)F)C1. The molecule has 1 rings (SSSR count). The molecule has 1 aliphatic rings. The average Bonchev–Trinajstić information content (AvgIpc) is 1.96. The minimum absolute atomic E-state index is 0.271. The third-order valence-electron chi connectivity index (χ3n) is 1.97. The lowest BCUT2D eigenvalue weighted by atomic mass is 9.96. The van der Waals surface area contributed by atoms with Gasteiger partial charge in [-0.2, -0.15) is 22.0 Å². The maximum Gasteiger partial charge on any atom is 0.463 e. The topological polar surface area (TPSA) is 40.5 Å². The molecule has 0 bridgehead atoms. The van der Waals surface area contributed by atoms with Crippen molar-refractivity contribution >= 4 is 5.91 Å². The van der Waals surface area contributed by atoms with Gasteiger partial charge in [0, 0.05) is 0 Å². The number of halogens is 5. The third kappa shape index (κ3) is 2.04. The Bertz CT molecular complexity index is 278. The first-order chi connectivity index (χ1) is 6.47. The van der Waals surface area contributed by atoms with Crippen LogP contribution in [-0.4, -0.2) is 46.7 Å². The van der Waals surface area contributed by atoms with E-state index < -0.39 is 36.7 Å². The molecule has 1 fully saturated rings. The predicted molar refractivity (Wildman–Crippen MR) is 38.2 cm³/mol. The van der Waals surface area contributed by atoms with Gasteiger partial charge in [0.2, 0.25) is 0 Å². The van der Waals surface area contributed by atoms with Gasteiger partial charge >= 0.3 is 18.0 Å². The Morgan fingerprint density at radius 2 is 1.67 bits per heavy atom. The minimum Gasteiger partial charge on any atom is -0.386 e. The second-order valence-electron chi connectivity index (χ2n) is 3.73. The van der Waals surface area contributed by atoms with Crippen molar-refractivity contribution in [3.8, 4) is 0 Å². The van der Waals surface area contributed by atoms with E-state index in [0.717, 1.165) is 0 Å². The molecule has 1 saturated heterocycles. The molecule has 0 unspecified atom stereocenters. The normalized spacial score (nSPS) is 21.1. The van der Waals surface area contributed by atoms with Gasteiger partial charge in [0.05, 0.1) is 18.7 Å². The summed E-state index contributed by atoms with van der Waals surface area (Å²) in [5, 5.41) is 9.08. The summed E-state index contributed by atoms with van der Waals surface area (Å²) in [7, 11) is 0. The summed E-state index contributed by atoms with van der Waals surface area (Å²) in [6, 6.07) is 0. The largest absolute Gasteiger partial charge is 0.463 e. The van der Waals surface area contributed by atoms with Gasteiger partial charge in [0.15, 0.2) is 0 Å². The van der Waals surface area contributed by atoms with Crippen LogP contribution in [-0.2, 0) is 4.79 Å². The van der Waals surface area contributed by atoms with Crippen molar-refractivity contribution in [3.63, 3.8) is 0 Å². The van der Waals surface area contributed by atoms with Crippen molar-refractivity contribution in [2.45, 2.75) is 24.6 Å². The Balaban J connectivity index is 2.71. The summed E-state index contributed by atoms with van der Waals surface area (Å²) in [5.41, 5.74) is -1.38. The summed E-state index contributed by atoms with van der Waals surface area (Å²) < 4.78 is 60.1. The van der Waals surface area contributed by atoms with Crippen LogP contribution in [0.4, 0.5) is 22.0 Å². The summed E-state index contributed by atoms with van der Waals surface area (Å²) in [4.78, 5) is 11.0. The number of likely N-dealkylation sites (tertiary alicyclic amines) is 1. The Morgan fingerprint density at radius 3 is 1.93 bits per heavy atom. The second-order valence-corrected chi connectivity index (χ2v) is 3.73. The van der Waals surface area contributed by atoms with Crippen molar-refractivity contribution in [2.24, 2.45) is 0 Å². The smallest absolute Gasteiger partial charge is 0.386 e. The Hall–Kier alpha value is -0.920. The third-order valence-corrected chi connectivity index (χ3v) is 1.97. The molecule has 15 heavy (non-hydrogen) atoms. The van der Waals surface area contributed by atoms with Crippen LogP contribution in [0.5, 0.6) is 0 Å². The molecule has 0 aromatic heterocycles. The molecule has 0 saturated carbocycles. The number of alkyl halides is 5. The molecular formula is C7H8F5NO2. The summed E-state index contributed by atoms with van der Waals surface area (Å²) in [5.74, 6) is -7.70. The number of aliphatic hydroxyl groups is 1. The van der Waals surface area contributed by atoms with Gasteiger partial charge in [-0.15, -0.1) is 0 Å². The quantitative estimate of drug-likeness (QED) is 0.680. The number of rotatable bonds is 1. The van der Waals surface area contributed by atoms with Crippen molar-refractivity contribution in [1.29, 1.82) is 0 Å². The van der Waals surface area contributed by atoms with Gasteiger partial charge < -0.3 is 10.0 Å². The van der Waals surface area contributed by atoms with E-state index in [4.69, 9.17) is 5.11 Å². The molecule has 3 nitrogen and oxygen atoms in total. The zero-order valence-corrected chi connectivity index (χ0v) is 7.61. The maximum absolute atomic E-state index is 12.4. The first-order valence-electron chi connectivity index (χ1n) is 3.94. The summed E-state index contributed by atoms with van der Waals surface area (Å²) in [6.45, 7) is 0.206. The van der Waals surface area contributed by atoms with Gasteiger partial charge in [-0.25, -0.2) is 0 Å². The average molecular weight is 233 g/mol. The van der Waals surface area contributed by atoms with Crippen LogP contribution in [0.1, 0.15) is 6.92 Å². The maximum atomic E-state index is 12.4. The highest BCUT2D eigenvalue weighted by molar-refractivity contribution is 5.85. The zero-order valence-electron chi connectivity index (χ0n) is 7.61. The Morgan fingerprint density at radius 1 is 1.27 bits per heavy atom. The van der Waals surface area contributed by atoms with Gasteiger partial charge in [-0.3, -0.25) is 4.79 Å². The number of nitrogens with zero attached hydrogens (tertiary/aromatic N) is 1. The van der Waals surface area contributed by atoms with Crippen molar-refractivity contribution in [2.75, 3.05) is 13.1 Å². The van der Waals surface area contributed by atoms with E-state index >= 15 is 0 Å². The number of amides is 1. The van der Waals surface area contributed by atoms with E-state index in [9.17, 15) is 26.7 Å². The van der Waals surface area contributed by atoms with Crippen LogP contribution in [0, 0.1) is 0 Å². The fourth-order valence-corrected chi connectivity index (χ4v) is 1.24. The lowest BCUT2D eigenvalue weighted by molar-refractivity contribution is -0.278. The molecule has 1 heterocycles. The summed E-state index contributed by atoms with van der Waals surface area (Å²) >= 11 is 0. The molecule has 1 aliphatic heterocycles. The molecule has 0 atom stereocenters. The standard InChI is InChI=1S/C7H8F5NO2/c1-5(15)2-13(3-5)4(14)6(8,9)7(10,11)12/h15H,2-3H2,1H3. The van der Waals surface area contributed by atoms with Crippen molar-refractivity contribution in [3.05, 3.63) is 0 Å². The molecule has 8 heteroatoms. The van der Waals surface area contributed by atoms with Crippen LogP contribution < -0.4 is 0 Å². The molecule has 1 N–H and O–H groups in total. The Kier molecular flexibility index (Phi) is 2.46. The Labute approximate surface area is 81.5 Å².